The number of hydrogen-bond donors (Lipinski definition) is 3. The largest absolute Gasteiger partial charge is 0.356 e. The third-order valence-electron chi connectivity index (χ3n) is 6.07. The number of H-pyrrole nitrogens is 2. The van der Waals surface area contributed by atoms with Crippen molar-refractivity contribution in [3.8, 4) is 0 Å². The van der Waals surface area contributed by atoms with E-state index in [0.29, 0.717) is 22.6 Å². The number of nitrogens with one attached hydrogen (secondary N) is 3. The fourth-order valence-electron chi connectivity index (χ4n) is 2.92. The van der Waals surface area contributed by atoms with Crippen molar-refractivity contribution in [3.63, 3.8) is 0 Å². The van der Waals surface area contributed by atoms with E-state index < -0.39 is 0 Å². The van der Waals surface area contributed by atoms with Crippen LogP contribution in [0.4, 0.5) is 0 Å². The Labute approximate surface area is 193 Å². The van der Waals surface area contributed by atoms with E-state index in [1.165, 1.54) is 4.57 Å². The first-order valence-corrected chi connectivity index (χ1v) is 10.6. The number of carbonyl (C=O) groups is 1. The molecule has 0 spiro atoms. The van der Waals surface area contributed by atoms with Gasteiger partial charge in [-0.3, -0.25) is 19.4 Å². The number of nitrogens with zero attached hydrogens (tertiary/aromatic N) is 3. The van der Waals surface area contributed by atoms with Gasteiger partial charge in [0.15, 0.2) is 0 Å². The molecular formula is C23H36N6O4. The van der Waals surface area contributed by atoms with E-state index in [4.69, 9.17) is 0 Å². The van der Waals surface area contributed by atoms with Crippen LogP contribution in [0.1, 0.15) is 56.0 Å². The average Bonchev–Trinajstić information content (AvgIpc) is 2.72. The van der Waals surface area contributed by atoms with Crippen molar-refractivity contribution in [2.45, 2.75) is 68.0 Å². The number of aromatic amines is 2. The molecule has 182 valence electrons. The van der Waals surface area contributed by atoms with Gasteiger partial charge in [0.2, 0.25) is 5.91 Å². The van der Waals surface area contributed by atoms with Crippen LogP contribution < -0.4 is 22.1 Å². The Morgan fingerprint density at radius 1 is 0.788 bits per heavy atom. The summed E-state index contributed by atoms with van der Waals surface area (Å²) in [5.74, 6) is 0.712. The summed E-state index contributed by atoms with van der Waals surface area (Å²) in [5.41, 5.74) is 3.69. The van der Waals surface area contributed by atoms with Crippen LogP contribution in [0.5, 0.6) is 0 Å². The van der Waals surface area contributed by atoms with Crippen LogP contribution in [0, 0.1) is 34.6 Å². The van der Waals surface area contributed by atoms with Crippen LogP contribution in [0.2, 0.25) is 0 Å². The molecule has 10 nitrogen and oxygen atoms in total. The Morgan fingerprint density at radius 2 is 1.30 bits per heavy atom. The highest BCUT2D eigenvalue weighted by Crippen LogP contribution is 2.22. The molecule has 0 atom stereocenters. The van der Waals surface area contributed by atoms with Crippen molar-refractivity contribution in [2.24, 2.45) is 7.05 Å². The molecule has 0 fully saturated rings. The summed E-state index contributed by atoms with van der Waals surface area (Å²) >= 11 is 0. The maximum atomic E-state index is 11.4. The average molecular weight is 461 g/mol. The van der Waals surface area contributed by atoms with E-state index in [1.807, 2.05) is 41.7 Å². The van der Waals surface area contributed by atoms with E-state index in [-0.39, 0.29) is 28.4 Å². The molecule has 10 heteroatoms. The Balaban J connectivity index is 0.000000249. The maximum absolute atomic E-state index is 11.4. The van der Waals surface area contributed by atoms with Gasteiger partial charge >= 0.3 is 5.69 Å². The van der Waals surface area contributed by atoms with E-state index in [1.54, 1.807) is 34.7 Å². The number of aromatic nitrogens is 4. The Bertz CT molecular complexity index is 1210. The van der Waals surface area contributed by atoms with Gasteiger partial charge in [-0.05, 0) is 62.3 Å². The van der Waals surface area contributed by atoms with E-state index >= 15 is 0 Å². The Kier molecular flexibility index (Phi) is 8.75. The summed E-state index contributed by atoms with van der Waals surface area (Å²) in [6.07, 6.45) is 0. The molecule has 0 unspecified atom stereocenters. The van der Waals surface area contributed by atoms with Crippen molar-refractivity contribution in [1.82, 2.24) is 29.7 Å². The van der Waals surface area contributed by atoms with Crippen LogP contribution in [0.25, 0.3) is 0 Å². The molecule has 0 aromatic carbocycles. The zero-order valence-electron chi connectivity index (χ0n) is 21.5. The SMILES string of the molecule is CC1=C(C)N(C)C(C)(C)NC1=O.Cc1c(C)n(C)c(=O)[nH]c1=O.Cc1nc(C)c(C)c(=O)[nH]1. The number of allylic oxidation sites excluding steroid dienone is 1. The van der Waals surface area contributed by atoms with Crippen LogP contribution in [-0.2, 0) is 11.8 Å². The zero-order chi connectivity index (χ0) is 25.8. The summed E-state index contributed by atoms with van der Waals surface area (Å²) in [7, 11) is 3.61. The predicted molar refractivity (Wildman–Crippen MR) is 129 cm³/mol. The molecule has 2 aromatic rings. The monoisotopic (exact) mass is 460 g/mol. The second-order valence-electron chi connectivity index (χ2n) is 8.67. The molecule has 1 aliphatic rings. The third-order valence-corrected chi connectivity index (χ3v) is 6.07. The topological polar surface area (TPSA) is 133 Å². The summed E-state index contributed by atoms with van der Waals surface area (Å²) in [6.45, 7) is 16.6. The maximum Gasteiger partial charge on any atom is 0.328 e. The molecule has 1 aliphatic heterocycles. The molecule has 3 N–H and O–H groups in total. The molecule has 0 bridgehead atoms. The molecule has 0 saturated carbocycles. The molecule has 3 heterocycles. The Hall–Kier alpha value is -3.43. The Morgan fingerprint density at radius 3 is 1.82 bits per heavy atom. The zero-order valence-corrected chi connectivity index (χ0v) is 21.5. The summed E-state index contributed by atoms with van der Waals surface area (Å²) in [5, 5.41) is 2.91. The summed E-state index contributed by atoms with van der Waals surface area (Å²) < 4.78 is 1.41. The number of rotatable bonds is 0. The molecular weight excluding hydrogens is 424 g/mol. The van der Waals surface area contributed by atoms with Gasteiger partial charge in [-0.1, -0.05) is 0 Å². The fourth-order valence-corrected chi connectivity index (χ4v) is 2.92. The molecule has 0 aliphatic carbocycles. The smallest absolute Gasteiger partial charge is 0.328 e. The first-order valence-electron chi connectivity index (χ1n) is 10.6. The lowest BCUT2D eigenvalue weighted by Gasteiger charge is -2.42. The first kappa shape index (κ1) is 27.6. The van der Waals surface area contributed by atoms with Gasteiger partial charge in [0.05, 0.1) is 0 Å². The van der Waals surface area contributed by atoms with E-state index in [9.17, 15) is 19.2 Å². The van der Waals surface area contributed by atoms with Gasteiger partial charge in [0, 0.05) is 47.9 Å². The predicted octanol–water partition coefficient (Wildman–Crippen LogP) is 1.46. The molecule has 33 heavy (non-hydrogen) atoms. The number of aryl methyl sites for hydroxylation is 2. The lowest BCUT2D eigenvalue weighted by molar-refractivity contribution is -0.122. The second kappa shape index (κ2) is 10.5. The number of hydrogen-bond acceptors (Lipinski definition) is 6. The van der Waals surface area contributed by atoms with Gasteiger partial charge in [-0.25, -0.2) is 9.78 Å². The highest BCUT2D eigenvalue weighted by atomic mass is 16.2. The molecule has 2 aromatic heterocycles. The minimum atomic E-state index is -0.363. The lowest BCUT2D eigenvalue weighted by Crippen LogP contribution is -2.58. The van der Waals surface area contributed by atoms with E-state index in [2.05, 4.69) is 25.2 Å². The van der Waals surface area contributed by atoms with Gasteiger partial charge < -0.3 is 19.8 Å². The van der Waals surface area contributed by atoms with Gasteiger partial charge in [-0.2, -0.15) is 0 Å². The fraction of sp³-hybridized carbons (Fsp3) is 0.522. The highest BCUT2D eigenvalue weighted by molar-refractivity contribution is 5.94. The van der Waals surface area contributed by atoms with Gasteiger partial charge in [0.25, 0.3) is 11.1 Å². The van der Waals surface area contributed by atoms with Crippen molar-refractivity contribution >= 4 is 5.91 Å². The molecule has 0 radical (unpaired) electrons. The number of carbonyl (C=O) groups excluding carboxylic acids is 1. The lowest BCUT2D eigenvalue weighted by atomic mass is 10.1. The second-order valence-corrected chi connectivity index (χ2v) is 8.67. The number of amides is 1. The van der Waals surface area contributed by atoms with Crippen LogP contribution in [-0.4, -0.2) is 43.0 Å². The van der Waals surface area contributed by atoms with Crippen molar-refractivity contribution < 1.29 is 4.79 Å². The minimum Gasteiger partial charge on any atom is -0.356 e. The molecule has 1 amide bonds. The summed E-state index contributed by atoms with van der Waals surface area (Å²) in [4.78, 5) is 55.2. The highest BCUT2D eigenvalue weighted by Gasteiger charge is 2.32. The van der Waals surface area contributed by atoms with Gasteiger partial charge in [-0.15, -0.1) is 0 Å². The van der Waals surface area contributed by atoms with Gasteiger partial charge in [0.1, 0.15) is 11.5 Å². The van der Waals surface area contributed by atoms with Crippen LogP contribution in [0.3, 0.4) is 0 Å². The third kappa shape index (κ3) is 6.53. The minimum absolute atomic E-state index is 0.0370. The quantitative estimate of drug-likeness (QED) is 0.545. The molecule has 3 rings (SSSR count). The van der Waals surface area contributed by atoms with Crippen molar-refractivity contribution in [2.75, 3.05) is 7.05 Å². The first-order chi connectivity index (χ1) is 15.0. The standard InChI is InChI=1S/C9H16N2O.C7H10N2O2.C7H10N2O/c1-6-7(2)11(5)9(3,4)10-8(6)12;1-4-5(2)9(3)7(11)8-6(4)10;1-4-5(2)8-6(3)9-7(4)10/h1-5H3,(H,10,12);1-3H3,(H,8,10,11);1-3H3,(H,8,9,10). The van der Waals surface area contributed by atoms with Crippen molar-refractivity contribution in [1.29, 1.82) is 0 Å². The van der Waals surface area contributed by atoms with Crippen LogP contribution >= 0.6 is 0 Å². The van der Waals surface area contributed by atoms with Crippen LogP contribution in [0.15, 0.2) is 25.7 Å². The normalized spacial score (nSPS) is 14.6. The van der Waals surface area contributed by atoms with Crippen molar-refractivity contribution in [3.05, 3.63) is 70.8 Å². The van der Waals surface area contributed by atoms with E-state index in [0.717, 1.165) is 17.0 Å². The summed E-state index contributed by atoms with van der Waals surface area (Å²) in [6, 6.07) is 0. The molecule has 0 saturated heterocycles.